The highest BCUT2D eigenvalue weighted by Gasteiger charge is 2.24. The summed E-state index contributed by atoms with van der Waals surface area (Å²) < 4.78 is 48.6. The highest BCUT2D eigenvalue weighted by molar-refractivity contribution is 7.90. The zero-order valence-electron chi connectivity index (χ0n) is 14.5. The fraction of sp³-hybridized carbons (Fsp3) is 0.167. The average molecular weight is 405 g/mol. The largest absolute Gasteiger partial charge is 0.484 e. The van der Waals surface area contributed by atoms with E-state index in [0.717, 1.165) is 6.07 Å². The number of halogens is 1. The molecule has 1 aromatic heterocycles. The Morgan fingerprint density at radius 1 is 1.07 bits per heavy atom. The fourth-order valence-electron chi connectivity index (χ4n) is 2.21. The van der Waals surface area contributed by atoms with Gasteiger partial charge in [-0.2, -0.15) is 0 Å². The summed E-state index contributed by atoms with van der Waals surface area (Å²) in [6.07, 6.45) is 0. The third-order valence-corrected chi connectivity index (χ3v) is 4.96. The van der Waals surface area contributed by atoms with E-state index in [9.17, 15) is 17.6 Å². The maximum Gasteiger partial charge on any atom is 0.335 e. The molecule has 2 aromatic carbocycles. The van der Waals surface area contributed by atoms with Crippen LogP contribution < -0.4 is 10.1 Å². The molecule has 0 bridgehead atoms. The highest BCUT2D eigenvalue weighted by atomic mass is 32.2. The smallest absolute Gasteiger partial charge is 0.335 e. The molecule has 3 rings (SSSR count). The molecule has 0 aliphatic carbocycles. The van der Waals surface area contributed by atoms with E-state index in [-0.39, 0.29) is 24.6 Å². The number of hydrogen-bond acceptors (Lipinski definition) is 7. The molecule has 0 unspecified atom stereocenters. The normalized spacial score (nSPS) is 11.2. The first-order chi connectivity index (χ1) is 13.4. The van der Waals surface area contributed by atoms with Crippen molar-refractivity contribution in [1.82, 2.24) is 15.5 Å². The predicted molar refractivity (Wildman–Crippen MR) is 95.4 cm³/mol. The Morgan fingerprint density at radius 2 is 1.79 bits per heavy atom. The molecule has 0 saturated heterocycles. The summed E-state index contributed by atoms with van der Waals surface area (Å²) in [4.78, 5) is 11.8. The summed E-state index contributed by atoms with van der Waals surface area (Å²) in [5, 5.41) is 8.91. The van der Waals surface area contributed by atoms with Gasteiger partial charge < -0.3 is 14.5 Å². The van der Waals surface area contributed by atoms with Crippen LogP contribution in [0.5, 0.6) is 5.75 Å². The summed E-state index contributed by atoms with van der Waals surface area (Å²) in [5.41, 5.74) is -0.00591. The van der Waals surface area contributed by atoms with Gasteiger partial charge in [-0.1, -0.05) is 41.5 Å². The van der Waals surface area contributed by atoms with Crippen LogP contribution in [0, 0.1) is 5.82 Å². The van der Waals surface area contributed by atoms with Gasteiger partial charge in [-0.05, 0) is 18.2 Å². The quantitative estimate of drug-likeness (QED) is 0.609. The lowest BCUT2D eigenvalue weighted by molar-refractivity contribution is -0.123. The lowest BCUT2D eigenvalue weighted by atomic mass is 10.2. The molecule has 1 amide bonds. The molecule has 0 spiro atoms. The van der Waals surface area contributed by atoms with Gasteiger partial charge in [-0.25, -0.2) is 12.8 Å². The van der Waals surface area contributed by atoms with Crippen molar-refractivity contribution in [1.29, 1.82) is 0 Å². The molecule has 0 aliphatic heterocycles. The van der Waals surface area contributed by atoms with Gasteiger partial charge in [0.05, 0.1) is 12.3 Å². The second kappa shape index (κ2) is 8.61. The number of nitrogens with one attached hydrogen (secondary N) is 1. The van der Waals surface area contributed by atoms with Crippen molar-refractivity contribution in [2.75, 3.05) is 6.61 Å². The second-order valence-electron chi connectivity index (χ2n) is 5.69. The molecule has 0 saturated carbocycles. The first-order valence-electron chi connectivity index (χ1n) is 8.17. The van der Waals surface area contributed by atoms with Crippen LogP contribution in [-0.4, -0.2) is 31.1 Å². The molecular formula is C18H16FN3O5S. The topological polar surface area (TPSA) is 111 Å². The molecule has 3 aromatic rings. The van der Waals surface area contributed by atoms with E-state index in [0.29, 0.717) is 5.75 Å². The minimum atomic E-state index is -4.02. The number of carbonyl (C=O) groups is 1. The molecule has 0 fully saturated rings. The lowest BCUT2D eigenvalue weighted by Gasteiger charge is -2.05. The number of aromatic nitrogens is 2. The number of amides is 1. The molecule has 28 heavy (non-hydrogen) atoms. The third-order valence-electron chi connectivity index (χ3n) is 3.57. The molecule has 1 N–H and O–H groups in total. The van der Waals surface area contributed by atoms with Crippen LogP contribution in [0.15, 0.2) is 64.2 Å². The van der Waals surface area contributed by atoms with E-state index in [4.69, 9.17) is 9.15 Å². The molecule has 1 heterocycles. The number of carbonyl (C=O) groups excluding carboxylic acids is 1. The molecule has 10 heteroatoms. The van der Waals surface area contributed by atoms with Crippen LogP contribution in [-0.2, 0) is 26.9 Å². The van der Waals surface area contributed by atoms with Crippen molar-refractivity contribution in [3.63, 3.8) is 0 Å². The minimum absolute atomic E-state index is 0.00591. The Hall–Kier alpha value is -3.27. The van der Waals surface area contributed by atoms with Gasteiger partial charge in [0.1, 0.15) is 11.6 Å². The van der Waals surface area contributed by atoms with Gasteiger partial charge in [-0.3, -0.25) is 4.79 Å². The number of ether oxygens (including phenoxy) is 1. The van der Waals surface area contributed by atoms with Gasteiger partial charge in [0.15, 0.2) is 6.61 Å². The van der Waals surface area contributed by atoms with E-state index in [1.165, 1.54) is 18.2 Å². The SMILES string of the molecule is O=C(COc1ccccc1)NCc1nnc(S(=O)(=O)Cc2ccccc2F)o1. The molecular weight excluding hydrogens is 389 g/mol. The van der Waals surface area contributed by atoms with Crippen LogP contribution >= 0.6 is 0 Å². The molecule has 0 aliphatic rings. The van der Waals surface area contributed by atoms with Gasteiger partial charge in [-0.15, -0.1) is 5.10 Å². The molecule has 8 nitrogen and oxygen atoms in total. The third kappa shape index (κ3) is 5.13. The van der Waals surface area contributed by atoms with Crippen molar-refractivity contribution in [2.24, 2.45) is 0 Å². The van der Waals surface area contributed by atoms with Gasteiger partial charge in [0.25, 0.3) is 5.91 Å². The van der Waals surface area contributed by atoms with E-state index >= 15 is 0 Å². The van der Waals surface area contributed by atoms with Crippen LogP contribution in [0.2, 0.25) is 0 Å². The van der Waals surface area contributed by atoms with Gasteiger partial charge in [0.2, 0.25) is 15.7 Å². The van der Waals surface area contributed by atoms with Crippen LogP contribution in [0.3, 0.4) is 0 Å². The first kappa shape index (κ1) is 19.5. The maximum atomic E-state index is 13.7. The van der Waals surface area contributed by atoms with Crippen LogP contribution in [0.25, 0.3) is 0 Å². The Labute approximate surface area is 160 Å². The number of para-hydroxylation sites is 1. The lowest BCUT2D eigenvalue weighted by Crippen LogP contribution is -2.28. The number of rotatable bonds is 8. The van der Waals surface area contributed by atoms with Crippen molar-refractivity contribution >= 4 is 15.7 Å². The summed E-state index contributed by atoms with van der Waals surface area (Å²) in [5.74, 6) is -1.26. The van der Waals surface area contributed by atoms with Crippen LogP contribution in [0.4, 0.5) is 4.39 Å². The summed E-state index contributed by atoms with van der Waals surface area (Å²) in [6.45, 7) is -0.393. The Morgan fingerprint density at radius 3 is 2.54 bits per heavy atom. The standard InChI is InChI=1S/C18H16FN3O5S/c19-15-9-5-4-6-13(15)12-28(24,25)18-22-21-17(27-18)10-20-16(23)11-26-14-7-2-1-3-8-14/h1-9H,10-12H2,(H,20,23). The van der Waals surface area contributed by atoms with E-state index in [1.807, 2.05) is 6.07 Å². The van der Waals surface area contributed by atoms with Crippen molar-refractivity contribution in [3.05, 3.63) is 71.9 Å². The van der Waals surface area contributed by atoms with E-state index in [1.54, 1.807) is 24.3 Å². The second-order valence-corrected chi connectivity index (χ2v) is 7.56. The van der Waals surface area contributed by atoms with Crippen LogP contribution in [0.1, 0.15) is 11.5 Å². The zero-order chi connectivity index (χ0) is 20.0. The number of sulfone groups is 1. The average Bonchev–Trinajstić information content (AvgIpc) is 3.17. The summed E-state index contributed by atoms with van der Waals surface area (Å²) >= 11 is 0. The van der Waals surface area contributed by atoms with Crippen molar-refractivity contribution < 1.29 is 26.8 Å². The van der Waals surface area contributed by atoms with E-state index in [2.05, 4.69) is 15.5 Å². The monoisotopic (exact) mass is 405 g/mol. The van der Waals surface area contributed by atoms with E-state index < -0.39 is 32.5 Å². The Kier molecular flexibility index (Phi) is 5.99. The maximum absolute atomic E-state index is 13.7. The minimum Gasteiger partial charge on any atom is -0.484 e. The first-order valence-corrected chi connectivity index (χ1v) is 9.82. The summed E-state index contributed by atoms with van der Waals surface area (Å²) in [7, 11) is -4.02. The zero-order valence-corrected chi connectivity index (χ0v) is 15.4. The summed E-state index contributed by atoms with van der Waals surface area (Å²) in [6, 6.07) is 14.3. The Bertz CT molecular complexity index is 1050. The molecule has 0 radical (unpaired) electrons. The Balaban J connectivity index is 1.55. The predicted octanol–water partition coefficient (Wildman–Crippen LogP) is 1.88. The molecule has 0 atom stereocenters. The molecule has 146 valence electrons. The van der Waals surface area contributed by atoms with Crippen molar-refractivity contribution in [3.8, 4) is 5.75 Å². The fourth-order valence-corrected chi connectivity index (χ4v) is 3.36. The number of benzene rings is 2. The van der Waals surface area contributed by atoms with Crippen molar-refractivity contribution in [2.45, 2.75) is 17.5 Å². The van der Waals surface area contributed by atoms with Gasteiger partial charge >= 0.3 is 5.22 Å². The number of nitrogens with zero attached hydrogens (tertiary/aromatic N) is 2. The highest BCUT2D eigenvalue weighted by Crippen LogP contribution is 2.17. The van der Waals surface area contributed by atoms with Gasteiger partial charge in [0, 0.05) is 5.56 Å². The number of hydrogen-bond donors (Lipinski definition) is 1.